The minimum atomic E-state index is -5.08. The molecule has 0 atom stereocenters. The highest BCUT2D eigenvalue weighted by molar-refractivity contribution is 5.91. The minimum absolute atomic E-state index is 0.179. The van der Waals surface area contributed by atoms with Gasteiger partial charge in [0.25, 0.3) is 11.5 Å². The molecule has 0 spiro atoms. The molecule has 0 saturated carbocycles. The summed E-state index contributed by atoms with van der Waals surface area (Å²) in [5.41, 5.74) is 0.955. The number of alkyl halides is 3. The van der Waals surface area contributed by atoms with Crippen molar-refractivity contribution in [2.45, 2.75) is 13.1 Å². The Bertz CT molecular complexity index is 818. The van der Waals surface area contributed by atoms with Gasteiger partial charge in [0, 0.05) is 25.4 Å². The van der Waals surface area contributed by atoms with E-state index in [9.17, 15) is 22.8 Å². The molecule has 146 valence electrons. The van der Waals surface area contributed by atoms with E-state index in [1.165, 1.54) is 12.1 Å². The molecule has 0 aliphatic carbocycles. The van der Waals surface area contributed by atoms with E-state index in [2.05, 4.69) is 25.8 Å². The molecule has 4 N–H and O–H groups in total. The lowest BCUT2D eigenvalue weighted by Gasteiger charge is -2.07. The number of aromatic amines is 1. The van der Waals surface area contributed by atoms with Gasteiger partial charge in [0.2, 0.25) is 0 Å². The first kappa shape index (κ1) is 21.6. The van der Waals surface area contributed by atoms with Gasteiger partial charge in [-0.2, -0.15) is 18.3 Å². The van der Waals surface area contributed by atoms with Gasteiger partial charge < -0.3 is 15.7 Å². The predicted molar refractivity (Wildman–Crippen MR) is 88.3 cm³/mol. The maximum absolute atomic E-state index is 11.7. The first-order chi connectivity index (χ1) is 12.6. The highest BCUT2D eigenvalue weighted by Crippen LogP contribution is 2.13. The standard InChI is InChI=1S/C13H15N5O2.C2HF3O2/c1-9-4-5-14-11(8-9)15-6-7-16-13(20)10-2-3-12(19)18-17-10;3-2(4,5)1(6)7/h2-5,8H,6-7H2,1H3,(H,14,15)(H,16,20)(H,18,19);(H,6,7). The van der Waals surface area contributed by atoms with Crippen LogP contribution in [0.4, 0.5) is 19.0 Å². The maximum atomic E-state index is 11.7. The molecule has 0 bridgehead atoms. The smallest absolute Gasteiger partial charge is 0.475 e. The molecule has 1 amide bonds. The zero-order valence-corrected chi connectivity index (χ0v) is 14.0. The number of carbonyl (C=O) groups is 2. The molecule has 0 fully saturated rings. The van der Waals surface area contributed by atoms with E-state index in [0.29, 0.717) is 13.1 Å². The van der Waals surface area contributed by atoms with Crippen molar-refractivity contribution in [3.8, 4) is 0 Å². The Hall–Kier alpha value is -3.44. The Kier molecular flexibility index (Phi) is 7.91. The molecule has 27 heavy (non-hydrogen) atoms. The van der Waals surface area contributed by atoms with E-state index < -0.39 is 12.1 Å². The number of aryl methyl sites for hydroxylation is 1. The van der Waals surface area contributed by atoms with Crippen LogP contribution in [0.3, 0.4) is 0 Å². The number of halogens is 3. The van der Waals surface area contributed by atoms with Crippen molar-refractivity contribution >= 4 is 17.7 Å². The third-order valence-corrected chi connectivity index (χ3v) is 2.79. The van der Waals surface area contributed by atoms with Crippen LogP contribution in [0.1, 0.15) is 16.1 Å². The van der Waals surface area contributed by atoms with E-state index in [4.69, 9.17) is 9.90 Å². The number of nitrogens with one attached hydrogen (secondary N) is 3. The van der Waals surface area contributed by atoms with Gasteiger partial charge in [-0.15, -0.1) is 0 Å². The maximum Gasteiger partial charge on any atom is 0.490 e. The third kappa shape index (κ3) is 8.47. The summed E-state index contributed by atoms with van der Waals surface area (Å²) in [4.78, 5) is 35.5. The van der Waals surface area contributed by atoms with E-state index in [-0.39, 0.29) is 17.2 Å². The highest BCUT2D eigenvalue weighted by atomic mass is 19.4. The van der Waals surface area contributed by atoms with Crippen LogP contribution in [-0.4, -0.2) is 51.4 Å². The quantitative estimate of drug-likeness (QED) is 0.561. The van der Waals surface area contributed by atoms with Gasteiger partial charge >= 0.3 is 12.1 Å². The van der Waals surface area contributed by atoms with Crippen LogP contribution in [0.2, 0.25) is 0 Å². The molecule has 0 aliphatic rings. The van der Waals surface area contributed by atoms with Crippen LogP contribution in [0.15, 0.2) is 35.3 Å². The van der Waals surface area contributed by atoms with Crippen molar-refractivity contribution in [3.05, 3.63) is 52.1 Å². The Morgan fingerprint density at radius 2 is 1.89 bits per heavy atom. The Labute approximate surface area is 150 Å². The second kappa shape index (κ2) is 9.89. The lowest BCUT2D eigenvalue weighted by Crippen LogP contribution is -2.30. The number of aromatic nitrogens is 3. The Morgan fingerprint density at radius 3 is 2.41 bits per heavy atom. The molecule has 12 heteroatoms. The molecular formula is C15H16F3N5O4. The highest BCUT2D eigenvalue weighted by Gasteiger charge is 2.38. The lowest BCUT2D eigenvalue weighted by atomic mass is 10.3. The molecule has 2 rings (SSSR count). The normalized spacial score (nSPS) is 10.4. The van der Waals surface area contributed by atoms with Crippen molar-refractivity contribution in [2.75, 3.05) is 18.4 Å². The number of carboxylic acid groups (broad SMARTS) is 1. The number of hydrogen-bond donors (Lipinski definition) is 4. The molecule has 2 aromatic heterocycles. The molecular weight excluding hydrogens is 371 g/mol. The van der Waals surface area contributed by atoms with Crippen molar-refractivity contribution < 1.29 is 27.9 Å². The van der Waals surface area contributed by atoms with Crippen LogP contribution in [0.25, 0.3) is 0 Å². The number of nitrogens with zero attached hydrogens (tertiary/aromatic N) is 2. The van der Waals surface area contributed by atoms with Gasteiger partial charge in [0.05, 0.1) is 0 Å². The van der Waals surface area contributed by atoms with Gasteiger partial charge in [-0.25, -0.2) is 14.9 Å². The molecule has 0 aliphatic heterocycles. The van der Waals surface area contributed by atoms with E-state index in [1.54, 1.807) is 6.20 Å². The summed E-state index contributed by atoms with van der Waals surface area (Å²) < 4.78 is 31.7. The van der Waals surface area contributed by atoms with Crippen LogP contribution < -0.4 is 16.2 Å². The van der Waals surface area contributed by atoms with Gasteiger partial charge in [0.15, 0.2) is 0 Å². The van der Waals surface area contributed by atoms with E-state index >= 15 is 0 Å². The average molecular weight is 387 g/mol. The van der Waals surface area contributed by atoms with Crippen molar-refractivity contribution in [3.63, 3.8) is 0 Å². The summed E-state index contributed by atoms with van der Waals surface area (Å²) in [7, 11) is 0. The van der Waals surface area contributed by atoms with Gasteiger partial charge in [-0.3, -0.25) is 9.59 Å². The fraction of sp³-hybridized carbons (Fsp3) is 0.267. The lowest BCUT2D eigenvalue weighted by molar-refractivity contribution is -0.192. The summed E-state index contributed by atoms with van der Waals surface area (Å²) in [5.74, 6) is -2.32. The van der Waals surface area contributed by atoms with Gasteiger partial charge in [0.1, 0.15) is 11.5 Å². The zero-order valence-electron chi connectivity index (χ0n) is 14.0. The van der Waals surface area contributed by atoms with Crippen LogP contribution >= 0.6 is 0 Å². The van der Waals surface area contributed by atoms with Crippen LogP contribution in [0.5, 0.6) is 0 Å². The van der Waals surface area contributed by atoms with E-state index in [1.807, 2.05) is 19.1 Å². The van der Waals surface area contributed by atoms with Crippen LogP contribution in [-0.2, 0) is 4.79 Å². The first-order valence-corrected chi connectivity index (χ1v) is 7.40. The topological polar surface area (TPSA) is 137 Å². The number of hydrogen-bond acceptors (Lipinski definition) is 6. The molecule has 2 aromatic rings. The fourth-order valence-electron chi connectivity index (χ4n) is 1.56. The number of rotatable bonds is 5. The fourth-order valence-corrected chi connectivity index (χ4v) is 1.56. The number of carbonyl (C=O) groups excluding carboxylic acids is 1. The molecule has 0 aromatic carbocycles. The minimum Gasteiger partial charge on any atom is -0.475 e. The first-order valence-electron chi connectivity index (χ1n) is 7.40. The Balaban J connectivity index is 0.000000445. The number of carboxylic acids is 1. The summed E-state index contributed by atoms with van der Waals surface area (Å²) in [6.45, 7) is 2.96. The number of aliphatic carboxylic acids is 1. The largest absolute Gasteiger partial charge is 0.490 e. The zero-order chi connectivity index (χ0) is 20.4. The molecule has 0 unspecified atom stereocenters. The molecule has 9 nitrogen and oxygen atoms in total. The average Bonchev–Trinajstić information content (AvgIpc) is 2.59. The number of pyridine rings is 1. The summed E-state index contributed by atoms with van der Waals surface area (Å²) in [5, 5.41) is 18.8. The van der Waals surface area contributed by atoms with Gasteiger partial charge in [-0.05, 0) is 30.7 Å². The monoisotopic (exact) mass is 387 g/mol. The predicted octanol–water partition coefficient (Wildman–Crippen LogP) is 0.949. The number of anilines is 1. The molecule has 2 heterocycles. The second-order valence-corrected chi connectivity index (χ2v) is 5.01. The SMILES string of the molecule is Cc1ccnc(NCCNC(=O)c2ccc(=O)[nH]n2)c1.O=C(O)C(F)(F)F. The number of H-pyrrole nitrogens is 1. The summed E-state index contributed by atoms with van der Waals surface area (Å²) in [6, 6.07) is 6.47. The van der Waals surface area contributed by atoms with Crippen molar-refractivity contribution in [2.24, 2.45) is 0 Å². The second-order valence-electron chi connectivity index (χ2n) is 5.01. The van der Waals surface area contributed by atoms with Crippen molar-refractivity contribution in [1.29, 1.82) is 0 Å². The Morgan fingerprint density at radius 1 is 1.22 bits per heavy atom. The summed E-state index contributed by atoms with van der Waals surface area (Å²) in [6.07, 6.45) is -3.36. The van der Waals surface area contributed by atoms with Crippen molar-refractivity contribution in [1.82, 2.24) is 20.5 Å². The van der Waals surface area contributed by atoms with Gasteiger partial charge in [-0.1, -0.05) is 0 Å². The van der Waals surface area contributed by atoms with E-state index in [0.717, 1.165) is 11.4 Å². The third-order valence-electron chi connectivity index (χ3n) is 2.79. The molecule has 0 radical (unpaired) electrons. The number of amides is 1. The summed E-state index contributed by atoms with van der Waals surface area (Å²) >= 11 is 0. The van der Waals surface area contributed by atoms with Crippen LogP contribution in [0, 0.1) is 6.92 Å². The molecule has 0 saturated heterocycles.